The second kappa shape index (κ2) is 3.00. The smallest absolute Gasteiger partial charge is 0.257 e. The number of alkyl halides is 3. The van der Waals surface area contributed by atoms with Gasteiger partial charge in [-0.1, -0.05) is 23.2 Å². The molecule has 0 bridgehead atoms. The van der Waals surface area contributed by atoms with Crippen molar-refractivity contribution in [2.24, 2.45) is 5.92 Å². The van der Waals surface area contributed by atoms with Crippen LogP contribution in [0.15, 0.2) is 0 Å². The molecule has 0 spiro atoms. The molecule has 11 heavy (non-hydrogen) atoms. The number of carbonyl (C=O) groups is 1. The number of rotatable bonds is 1. The topological polar surface area (TPSA) is 29.1 Å². The third-order valence-electron chi connectivity index (χ3n) is 1.90. The summed E-state index contributed by atoms with van der Waals surface area (Å²) in [5, 5.41) is 2.62. The van der Waals surface area contributed by atoms with E-state index in [9.17, 15) is 4.79 Å². The van der Waals surface area contributed by atoms with Gasteiger partial charge in [-0.15, -0.1) is 11.6 Å². The summed E-state index contributed by atoms with van der Waals surface area (Å²) in [6, 6.07) is -0.0463. The van der Waals surface area contributed by atoms with Crippen LogP contribution in [-0.4, -0.2) is 22.2 Å². The highest BCUT2D eigenvalue weighted by atomic mass is 35.5. The van der Waals surface area contributed by atoms with Gasteiger partial charge in [0, 0.05) is 17.8 Å². The standard InChI is InChI=1S/C6H8Cl3NO/c1-3-4(2-7)6(8,9)5(11)10-3/h3-4H,2H2,1H3,(H,10,11)/t3-,4-/m1/s1. The van der Waals surface area contributed by atoms with Crippen LogP contribution in [0.1, 0.15) is 6.92 Å². The number of hydrogen-bond donors (Lipinski definition) is 1. The van der Waals surface area contributed by atoms with Crippen molar-refractivity contribution in [1.29, 1.82) is 0 Å². The van der Waals surface area contributed by atoms with Gasteiger partial charge in [0.1, 0.15) is 0 Å². The average Bonchev–Trinajstić information content (AvgIpc) is 2.04. The number of amides is 1. The summed E-state index contributed by atoms with van der Waals surface area (Å²) in [7, 11) is 0. The minimum Gasteiger partial charge on any atom is -0.351 e. The van der Waals surface area contributed by atoms with Gasteiger partial charge in [0.25, 0.3) is 5.91 Å². The van der Waals surface area contributed by atoms with E-state index in [2.05, 4.69) is 5.32 Å². The van der Waals surface area contributed by atoms with Gasteiger partial charge in [-0.05, 0) is 6.92 Å². The normalized spacial score (nSPS) is 35.5. The second-order valence-corrected chi connectivity index (χ2v) is 4.34. The lowest BCUT2D eigenvalue weighted by Crippen LogP contribution is -2.31. The molecule has 1 saturated heterocycles. The van der Waals surface area contributed by atoms with Gasteiger partial charge in [-0.3, -0.25) is 4.79 Å². The maximum atomic E-state index is 11.0. The summed E-state index contributed by atoms with van der Waals surface area (Å²) in [4.78, 5) is 11.0. The fraction of sp³-hybridized carbons (Fsp3) is 0.833. The third-order valence-corrected chi connectivity index (χ3v) is 3.13. The van der Waals surface area contributed by atoms with Gasteiger partial charge < -0.3 is 5.32 Å². The first-order valence-corrected chi connectivity index (χ1v) is 4.54. The monoisotopic (exact) mass is 215 g/mol. The van der Waals surface area contributed by atoms with E-state index in [1.807, 2.05) is 6.92 Å². The van der Waals surface area contributed by atoms with Crippen LogP contribution in [0.2, 0.25) is 0 Å². The quantitative estimate of drug-likeness (QED) is 0.662. The molecule has 0 aromatic rings. The van der Waals surface area contributed by atoms with Gasteiger partial charge >= 0.3 is 0 Å². The average molecular weight is 216 g/mol. The molecule has 0 radical (unpaired) electrons. The zero-order chi connectivity index (χ0) is 8.65. The largest absolute Gasteiger partial charge is 0.351 e. The van der Waals surface area contributed by atoms with Crippen molar-refractivity contribution in [3.8, 4) is 0 Å². The van der Waals surface area contributed by atoms with Crippen molar-refractivity contribution in [3.63, 3.8) is 0 Å². The van der Waals surface area contributed by atoms with E-state index in [4.69, 9.17) is 34.8 Å². The molecular formula is C6H8Cl3NO. The molecular weight excluding hydrogens is 208 g/mol. The summed E-state index contributed by atoms with van der Waals surface area (Å²) in [5.74, 6) is -0.272. The third kappa shape index (κ3) is 1.44. The van der Waals surface area contributed by atoms with Crippen LogP contribution in [0.25, 0.3) is 0 Å². The van der Waals surface area contributed by atoms with Gasteiger partial charge in [0.2, 0.25) is 4.33 Å². The summed E-state index contributed by atoms with van der Waals surface area (Å²) < 4.78 is -1.35. The fourth-order valence-corrected chi connectivity index (χ4v) is 2.41. The lowest BCUT2D eigenvalue weighted by molar-refractivity contribution is -0.120. The van der Waals surface area contributed by atoms with Crippen molar-refractivity contribution in [1.82, 2.24) is 5.32 Å². The Balaban J connectivity index is 2.84. The van der Waals surface area contributed by atoms with Crippen molar-refractivity contribution in [2.75, 3.05) is 5.88 Å². The van der Waals surface area contributed by atoms with Crippen molar-refractivity contribution in [3.05, 3.63) is 0 Å². The van der Waals surface area contributed by atoms with Crippen LogP contribution in [0, 0.1) is 5.92 Å². The van der Waals surface area contributed by atoms with Crippen LogP contribution in [0.5, 0.6) is 0 Å². The van der Waals surface area contributed by atoms with E-state index in [0.717, 1.165) is 0 Å². The van der Waals surface area contributed by atoms with E-state index in [-0.39, 0.29) is 23.7 Å². The summed E-state index contributed by atoms with van der Waals surface area (Å²) in [6.07, 6.45) is 0. The first-order chi connectivity index (χ1) is 5.00. The molecule has 1 amide bonds. The number of carbonyl (C=O) groups excluding carboxylic acids is 1. The van der Waals surface area contributed by atoms with Crippen LogP contribution >= 0.6 is 34.8 Å². The predicted molar refractivity (Wildman–Crippen MR) is 46.3 cm³/mol. The molecule has 1 fully saturated rings. The summed E-state index contributed by atoms with van der Waals surface area (Å²) in [6.45, 7) is 1.83. The Hall–Kier alpha value is 0.340. The molecule has 0 unspecified atom stereocenters. The number of nitrogens with one attached hydrogen (secondary N) is 1. The molecule has 0 aromatic heterocycles. The van der Waals surface area contributed by atoms with E-state index in [0.29, 0.717) is 0 Å². The molecule has 1 aliphatic heterocycles. The summed E-state index contributed by atoms with van der Waals surface area (Å²) >= 11 is 17.1. The predicted octanol–water partition coefficient (Wildman–Crippen LogP) is 1.53. The van der Waals surface area contributed by atoms with E-state index < -0.39 is 4.33 Å². The molecule has 1 rings (SSSR count). The van der Waals surface area contributed by atoms with Crippen molar-refractivity contribution >= 4 is 40.7 Å². The molecule has 0 saturated carbocycles. The highest BCUT2D eigenvalue weighted by Gasteiger charge is 2.50. The van der Waals surface area contributed by atoms with E-state index >= 15 is 0 Å². The van der Waals surface area contributed by atoms with Crippen LogP contribution in [-0.2, 0) is 4.79 Å². The van der Waals surface area contributed by atoms with Gasteiger partial charge in [0.15, 0.2) is 0 Å². The molecule has 0 aliphatic carbocycles. The lowest BCUT2D eigenvalue weighted by atomic mass is 10.0. The maximum absolute atomic E-state index is 11.0. The van der Waals surface area contributed by atoms with Crippen LogP contribution in [0.4, 0.5) is 0 Å². The van der Waals surface area contributed by atoms with Crippen LogP contribution < -0.4 is 5.32 Å². The Morgan fingerprint density at radius 1 is 1.64 bits per heavy atom. The Bertz CT molecular complexity index is 183. The zero-order valence-corrected chi connectivity index (χ0v) is 8.17. The van der Waals surface area contributed by atoms with Gasteiger partial charge in [-0.2, -0.15) is 0 Å². The molecule has 0 aromatic carbocycles. The highest BCUT2D eigenvalue weighted by molar-refractivity contribution is 6.59. The second-order valence-electron chi connectivity index (χ2n) is 2.65. The fourth-order valence-electron chi connectivity index (χ4n) is 1.12. The Morgan fingerprint density at radius 3 is 2.36 bits per heavy atom. The van der Waals surface area contributed by atoms with Gasteiger partial charge in [0.05, 0.1) is 0 Å². The Labute approximate surface area is 80.2 Å². The van der Waals surface area contributed by atoms with Gasteiger partial charge in [-0.25, -0.2) is 0 Å². The van der Waals surface area contributed by atoms with E-state index in [1.165, 1.54) is 0 Å². The SMILES string of the molecule is C[C@H]1NC(=O)C(Cl)(Cl)[C@@H]1CCl. The minimum atomic E-state index is -1.35. The molecule has 64 valence electrons. The molecule has 2 atom stereocenters. The van der Waals surface area contributed by atoms with Crippen molar-refractivity contribution in [2.45, 2.75) is 17.3 Å². The van der Waals surface area contributed by atoms with Crippen LogP contribution in [0.3, 0.4) is 0 Å². The zero-order valence-electron chi connectivity index (χ0n) is 5.90. The molecule has 1 aliphatic rings. The lowest BCUT2D eigenvalue weighted by Gasteiger charge is -2.18. The first-order valence-electron chi connectivity index (χ1n) is 3.25. The molecule has 5 heteroatoms. The minimum absolute atomic E-state index is 0.0463. The summed E-state index contributed by atoms with van der Waals surface area (Å²) in [5.41, 5.74) is 0. The number of hydrogen-bond acceptors (Lipinski definition) is 1. The first kappa shape index (κ1) is 9.43. The Kier molecular flexibility index (Phi) is 2.57. The van der Waals surface area contributed by atoms with E-state index in [1.54, 1.807) is 0 Å². The molecule has 1 N–H and O–H groups in total. The molecule has 2 nitrogen and oxygen atoms in total. The van der Waals surface area contributed by atoms with Crippen molar-refractivity contribution < 1.29 is 4.79 Å². The Morgan fingerprint density at radius 2 is 2.18 bits per heavy atom. The number of halogens is 3. The molecule has 1 heterocycles. The maximum Gasteiger partial charge on any atom is 0.257 e. The highest BCUT2D eigenvalue weighted by Crippen LogP contribution is 2.38.